The summed E-state index contributed by atoms with van der Waals surface area (Å²) in [4.78, 5) is 12.2. The first-order valence-corrected chi connectivity index (χ1v) is 9.71. The number of nitrogens with zero attached hydrogens (tertiary/aromatic N) is 4. The standard InChI is InChI=1S/C22H20F3N5O/c1-15-13-19(22(23,24)25)27-30(15)12-10-21(31)26-20-9-11-29(28-20)14-17-7-4-6-16-5-2-3-8-18(16)17/h2-9,11,13H,10,12,14H2,1H3,(H,26,28,31). The van der Waals surface area contributed by atoms with Gasteiger partial charge in [-0.2, -0.15) is 23.4 Å². The highest BCUT2D eigenvalue weighted by molar-refractivity contribution is 5.89. The molecule has 0 saturated heterocycles. The molecule has 6 nitrogen and oxygen atoms in total. The van der Waals surface area contributed by atoms with Crippen LogP contribution in [0.5, 0.6) is 0 Å². The quantitative estimate of drug-likeness (QED) is 0.488. The summed E-state index contributed by atoms with van der Waals surface area (Å²) < 4.78 is 41.1. The normalized spacial score (nSPS) is 11.7. The summed E-state index contributed by atoms with van der Waals surface area (Å²) in [6.45, 7) is 2.11. The third-order valence-electron chi connectivity index (χ3n) is 4.94. The fourth-order valence-electron chi connectivity index (χ4n) is 3.41. The van der Waals surface area contributed by atoms with Crippen molar-refractivity contribution in [3.05, 3.63) is 77.7 Å². The van der Waals surface area contributed by atoms with Crippen LogP contribution in [0.2, 0.25) is 0 Å². The average molecular weight is 427 g/mol. The average Bonchev–Trinajstić information content (AvgIpc) is 3.32. The van der Waals surface area contributed by atoms with E-state index in [1.165, 1.54) is 11.6 Å². The van der Waals surface area contributed by atoms with Crippen LogP contribution in [0.1, 0.15) is 23.4 Å². The lowest BCUT2D eigenvalue weighted by Gasteiger charge is -2.07. The van der Waals surface area contributed by atoms with Gasteiger partial charge in [0.25, 0.3) is 0 Å². The molecule has 4 rings (SSSR count). The number of halogens is 3. The number of alkyl halides is 3. The lowest BCUT2D eigenvalue weighted by molar-refractivity contribution is -0.141. The number of carbonyl (C=O) groups is 1. The van der Waals surface area contributed by atoms with E-state index in [0.29, 0.717) is 18.1 Å². The van der Waals surface area contributed by atoms with E-state index in [9.17, 15) is 18.0 Å². The second-order valence-electron chi connectivity index (χ2n) is 7.23. The van der Waals surface area contributed by atoms with Crippen LogP contribution >= 0.6 is 0 Å². The molecule has 0 aliphatic rings. The van der Waals surface area contributed by atoms with Gasteiger partial charge in [-0.15, -0.1) is 0 Å². The van der Waals surface area contributed by atoms with Crippen LogP contribution in [0, 0.1) is 6.92 Å². The summed E-state index contributed by atoms with van der Waals surface area (Å²) in [5.41, 5.74) is 0.491. The Morgan fingerprint density at radius 1 is 1.06 bits per heavy atom. The van der Waals surface area contributed by atoms with Gasteiger partial charge < -0.3 is 5.32 Å². The molecule has 0 aliphatic heterocycles. The van der Waals surface area contributed by atoms with Crippen LogP contribution in [-0.4, -0.2) is 25.5 Å². The van der Waals surface area contributed by atoms with E-state index < -0.39 is 11.9 Å². The van der Waals surface area contributed by atoms with Crippen molar-refractivity contribution < 1.29 is 18.0 Å². The summed E-state index contributed by atoms with van der Waals surface area (Å²) in [7, 11) is 0. The molecule has 0 atom stereocenters. The lowest BCUT2D eigenvalue weighted by Crippen LogP contribution is -2.16. The molecule has 0 bridgehead atoms. The molecule has 2 aromatic carbocycles. The molecule has 9 heteroatoms. The second kappa shape index (κ2) is 8.25. The Hall–Kier alpha value is -3.62. The molecule has 4 aromatic rings. The molecule has 0 unspecified atom stereocenters. The van der Waals surface area contributed by atoms with E-state index >= 15 is 0 Å². The van der Waals surface area contributed by atoms with Crippen molar-refractivity contribution in [1.29, 1.82) is 0 Å². The van der Waals surface area contributed by atoms with E-state index in [1.807, 2.05) is 36.4 Å². The number of hydrogen-bond acceptors (Lipinski definition) is 3. The van der Waals surface area contributed by atoms with Crippen molar-refractivity contribution in [2.24, 2.45) is 0 Å². The zero-order valence-corrected chi connectivity index (χ0v) is 16.7. The Morgan fingerprint density at radius 2 is 1.84 bits per heavy atom. The van der Waals surface area contributed by atoms with Gasteiger partial charge in [0, 0.05) is 30.9 Å². The van der Waals surface area contributed by atoms with Crippen molar-refractivity contribution in [3.8, 4) is 0 Å². The van der Waals surface area contributed by atoms with Crippen molar-refractivity contribution in [1.82, 2.24) is 19.6 Å². The van der Waals surface area contributed by atoms with Gasteiger partial charge in [0.2, 0.25) is 5.91 Å². The smallest absolute Gasteiger partial charge is 0.309 e. The minimum atomic E-state index is -4.50. The molecule has 0 spiro atoms. The SMILES string of the molecule is Cc1cc(C(F)(F)F)nn1CCC(=O)Nc1ccn(Cc2cccc3ccccc23)n1. The minimum absolute atomic E-state index is 0.0179. The van der Waals surface area contributed by atoms with E-state index in [4.69, 9.17) is 0 Å². The fraction of sp³-hybridized carbons (Fsp3) is 0.227. The number of anilines is 1. The summed E-state index contributed by atoms with van der Waals surface area (Å²) in [5, 5.41) is 12.9. The molecular weight excluding hydrogens is 407 g/mol. The summed E-state index contributed by atoms with van der Waals surface area (Å²) in [5.74, 6) is 0.0391. The lowest BCUT2D eigenvalue weighted by atomic mass is 10.0. The molecular formula is C22H20F3N5O. The van der Waals surface area contributed by atoms with Gasteiger partial charge in [-0.05, 0) is 29.3 Å². The monoisotopic (exact) mass is 427 g/mol. The van der Waals surface area contributed by atoms with Gasteiger partial charge in [-0.3, -0.25) is 14.2 Å². The summed E-state index contributed by atoms with van der Waals surface area (Å²) in [6.07, 6.45) is -2.75. The van der Waals surface area contributed by atoms with Crippen LogP contribution in [0.25, 0.3) is 10.8 Å². The Morgan fingerprint density at radius 3 is 2.61 bits per heavy atom. The van der Waals surface area contributed by atoms with Gasteiger partial charge in [0.05, 0.1) is 6.54 Å². The predicted octanol–water partition coefficient (Wildman–Crippen LogP) is 4.64. The Bertz CT molecular complexity index is 1220. The third kappa shape index (κ3) is 4.76. The minimum Gasteiger partial charge on any atom is -0.309 e. The summed E-state index contributed by atoms with van der Waals surface area (Å²) in [6, 6.07) is 16.8. The van der Waals surface area contributed by atoms with Gasteiger partial charge in [-0.25, -0.2) is 0 Å². The Labute approximate surface area is 176 Å². The zero-order valence-electron chi connectivity index (χ0n) is 16.7. The molecule has 1 N–H and O–H groups in total. The fourth-order valence-corrected chi connectivity index (χ4v) is 3.41. The Balaban J connectivity index is 1.37. The van der Waals surface area contributed by atoms with Crippen molar-refractivity contribution in [2.45, 2.75) is 32.6 Å². The van der Waals surface area contributed by atoms with Crippen molar-refractivity contribution in [3.63, 3.8) is 0 Å². The molecule has 2 heterocycles. The maximum absolute atomic E-state index is 12.7. The number of nitrogens with one attached hydrogen (secondary N) is 1. The second-order valence-corrected chi connectivity index (χ2v) is 7.23. The van der Waals surface area contributed by atoms with Gasteiger partial charge in [0.15, 0.2) is 11.5 Å². The number of aryl methyl sites for hydroxylation is 2. The predicted molar refractivity (Wildman–Crippen MR) is 110 cm³/mol. The van der Waals surface area contributed by atoms with Crippen LogP contribution in [-0.2, 0) is 24.1 Å². The highest BCUT2D eigenvalue weighted by Gasteiger charge is 2.34. The number of fused-ring (bicyclic) bond motifs is 1. The first-order chi connectivity index (χ1) is 14.8. The Kier molecular flexibility index (Phi) is 5.50. The van der Waals surface area contributed by atoms with E-state index in [2.05, 4.69) is 21.6 Å². The topological polar surface area (TPSA) is 64.7 Å². The summed E-state index contributed by atoms with van der Waals surface area (Å²) >= 11 is 0. The molecule has 31 heavy (non-hydrogen) atoms. The third-order valence-corrected chi connectivity index (χ3v) is 4.94. The highest BCUT2D eigenvalue weighted by Crippen LogP contribution is 2.28. The van der Waals surface area contributed by atoms with Crippen LogP contribution < -0.4 is 5.32 Å². The molecule has 0 radical (unpaired) electrons. The number of benzene rings is 2. The van der Waals surface area contributed by atoms with E-state index in [1.54, 1.807) is 16.9 Å². The number of aromatic nitrogens is 4. The number of rotatable bonds is 6. The van der Waals surface area contributed by atoms with E-state index in [-0.39, 0.29) is 18.9 Å². The van der Waals surface area contributed by atoms with Crippen LogP contribution in [0.15, 0.2) is 60.8 Å². The van der Waals surface area contributed by atoms with Gasteiger partial charge in [-0.1, -0.05) is 42.5 Å². The highest BCUT2D eigenvalue weighted by atomic mass is 19.4. The van der Waals surface area contributed by atoms with E-state index in [0.717, 1.165) is 22.4 Å². The van der Waals surface area contributed by atoms with Crippen LogP contribution in [0.3, 0.4) is 0 Å². The maximum atomic E-state index is 12.7. The largest absolute Gasteiger partial charge is 0.435 e. The molecule has 160 valence electrons. The first-order valence-electron chi connectivity index (χ1n) is 9.71. The molecule has 1 amide bonds. The maximum Gasteiger partial charge on any atom is 0.435 e. The van der Waals surface area contributed by atoms with Crippen LogP contribution in [0.4, 0.5) is 19.0 Å². The van der Waals surface area contributed by atoms with Crippen molar-refractivity contribution in [2.75, 3.05) is 5.32 Å². The molecule has 0 saturated carbocycles. The van der Waals surface area contributed by atoms with Gasteiger partial charge >= 0.3 is 6.18 Å². The molecule has 0 aliphatic carbocycles. The first kappa shape index (κ1) is 20.6. The number of carbonyl (C=O) groups excluding carboxylic acids is 1. The zero-order chi connectivity index (χ0) is 22.0. The van der Waals surface area contributed by atoms with Crippen molar-refractivity contribution >= 4 is 22.5 Å². The molecule has 0 fully saturated rings. The number of amides is 1. The molecule has 2 aromatic heterocycles. The number of hydrogen-bond donors (Lipinski definition) is 1. The van der Waals surface area contributed by atoms with Gasteiger partial charge in [0.1, 0.15) is 0 Å².